The monoisotopic (exact) mass is 1000 g/mol. The fraction of sp³-hybridized carbons (Fsp3) is 0.302. The van der Waals surface area contributed by atoms with Crippen molar-refractivity contribution in [1.82, 2.24) is 30.2 Å². The second kappa shape index (κ2) is 21.4. The summed E-state index contributed by atoms with van der Waals surface area (Å²) >= 11 is 0. The number of aromatic nitrogens is 6. The molecule has 2 fully saturated rings. The van der Waals surface area contributed by atoms with Gasteiger partial charge in [-0.2, -0.15) is 0 Å². The number of ether oxygens (including phenoxy) is 2. The van der Waals surface area contributed by atoms with Gasteiger partial charge in [0.2, 0.25) is 11.9 Å². The summed E-state index contributed by atoms with van der Waals surface area (Å²) in [6, 6.07) is 20.7. The van der Waals surface area contributed by atoms with E-state index in [1.807, 2.05) is 41.3 Å². The Morgan fingerprint density at radius 1 is 0.710 bits per heavy atom. The van der Waals surface area contributed by atoms with Gasteiger partial charge in [-0.1, -0.05) is 29.4 Å². The van der Waals surface area contributed by atoms with E-state index in [1.54, 1.807) is 48.4 Å². The van der Waals surface area contributed by atoms with E-state index in [2.05, 4.69) is 30.4 Å². The number of carbonyl (C=O) groups excluding carboxylic acids is 2. The molecule has 2 unspecified atom stereocenters. The molecule has 1 N–H and O–H groups in total. The number of hydrogen-bond acceptors (Lipinski definition) is 16. The topological polar surface area (TPSA) is 237 Å². The average molecular weight is 1000 g/mol. The van der Waals surface area contributed by atoms with Gasteiger partial charge in [-0.3, -0.25) is 9.80 Å². The molecular weight excluding hydrogens is 962 g/mol. The molecule has 4 aliphatic heterocycles. The number of benzene rings is 4. The molecule has 26 heteroatoms. The van der Waals surface area contributed by atoms with Crippen LogP contribution in [0.2, 0.25) is 0 Å². The van der Waals surface area contributed by atoms with Gasteiger partial charge in [0.25, 0.3) is 0 Å². The first-order valence-corrected chi connectivity index (χ1v) is 24.8. The fourth-order valence-electron chi connectivity index (χ4n) is 8.23. The number of cyclic esters (lactones) is 2. The van der Waals surface area contributed by atoms with Crippen LogP contribution in [-0.2, 0) is 60.9 Å². The molecule has 10 rings (SSSR count). The Kier molecular flexibility index (Phi) is 16.2. The molecule has 69 heavy (non-hydrogen) atoms. The molecule has 4 atom stereocenters. The van der Waals surface area contributed by atoms with Gasteiger partial charge in [-0.25, -0.2) is 28.0 Å². The maximum Gasteiger partial charge on any atom is 1.00 e. The van der Waals surface area contributed by atoms with Crippen molar-refractivity contribution < 1.29 is 115 Å². The first kappa shape index (κ1) is 52.3. The summed E-state index contributed by atoms with van der Waals surface area (Å²) in [6.07, 6.45) is 0.602. The standard InChI is InChI=1S/C22H22FN4O5P.C21H22FN6O5P.2Na/c1-33(29,30)31-13-18-12-27(22(28)32-18)17-4-5-19(20(23)9-17)14-2-3-15-10-26(11-16(15)8-14)21-24-6-7-25-21;1-26-20(23-24-25-26)27-9-14-4-3-13(7-15(14)10-27)18-6-5-16(8-19(18)22)28-11-17(33-21(28)29)12-32-34(2,30)31;;/h2-9,18H,10-13H2,1H3,(H,24,25)(H,29,30);3-8,17H,9-12H2,1-2H3,(H,30,31);;/q;;2*+1/p-2/t18-;17-;;/m11../s1. The van der Waals surface area contributed by atoms with E-state index in [1.165, 1.54) is 21.9 Å². The van der Waals surface area contributed by atoms with Crippen LogP contribution in [0.25, 0.3) is 22.3 Å². The average Bonchev–Trinajstić information content (AvgIpc) is 4.14. The van der Waals surface area contributed by atoms with Crippen LogP contribution in [0.4, 0.5) is 41.6 Å². The van der Waals surface area contributed by atoms with Crippen molar-refractivity contribution in [2.24, 2.45) is 7.05 Å². The van der Waals surface area contributed by atoms with Crippen molar-refractivity contribution in [2.45, 2.75) is 38.4 Å². The summed E-state index contributed by atoms with van der Waals surface area (Å²) in [5.41, 5.74) is 7.36. The van der Waals surface area contributed by atoms with E-state index in [-0.39, 0.29) is 85.4 Å². The number of rotatable bonds is 12. The minimum absolute atomic E-state index is 0. The Labute approximate surface area is 438 Å². The SMILES string of the molecule is CP(=O)([O-])OC[C@H]1CN(c2ccc(-c3ccc4c(c3)CN(c3ncc[nH]3)C4)c(F)c2)C(=O)O1.Cn1nnnc1N1Cc2ccc(-c3ccc(N4C[C@H](COP(C)(=O)[O-])OC4=O)cc3F)cc2C1.[Na+].[Na+]. The van der Waals surface area contributed by atoms with Gasteiger partial charge in [-0.15, -0.1) is 0 Å². The maximum absolute atomic E-state index is 15.1. The smallest absolute Gasteiger partial charge is 0.779 e. The molecule has 0 spiro atoms. The van der Waals surface area contributed by atoms with Crippen molar-refractivity contribution >= 4 is 50.6 Å². The van der Waals surface area contributed by atoms with Crippen LogP contribution < -0.4 is 88.5 Å². The largest absolute Gasteiger partial charge is 1.00 e. The normalized spacial score (nSPS) is 18.8. The van der Waals surface area contributed by atoms with Crippen LogP contribution in [0.15, 0.2) is 85.2 Å². The molecule has 4 aliphatic rings. The number of nitrogens with zero attached hydrogens (tertiary/aromatic N) is 9. The first-order valence-electron chi connectivity index (χ1n) is 20.8. The second-order valence-electron chi connectivity index (χ2n) is 16.4. The number of aryl methyl sites for hydroxylation is 1. The van der Waals surface area contributed by atoms with Gasteiger partial charge in [0.1, 0.15) is 39.0 Å². The summed E-state index contributed by atoms with van der Waals surface area (Å²) in [4.78, 5) is 60.8. The Bertz CT molecular complexity index is 2960. The van der Waals surface area contributed by atoms with Crippen molar-refractivity contribution in [2.75, 3.05) is 59.2 Å². The Balaban J connectivity index is 0.000000198. The predicted molar refractivity (Wildman–Crippen MR) is 235 cm³/mol. The molecule has 0 aliphatic carbocycles. The number of halogens is 2. The number of aromatic amines is 1. The van der Waals surface area contributed by atoms with Gasteiger partial charge in [-0.05, 0) is 92.3 Å². The zero-order valence-electron chi connectivity index (χ0n) is 38.2. The third kappa shape index (κ3) is 12.2. The molecule has 350 valence electrons. The Morgan fingerprint density at radius 2 is 1.19 bits per heavy atom. The summed E-state index contributed by atoms with van der Waals surface area (Å²) in [5.74, 6) is 0.487. The maximum atomic E-state index is 15.1. The van der Waals surface area contributed by atoms with Gasteiger partial charge >= 0.3 is 71.3 Å². The van der Waals surface area contributed by atoms with Gasteiger partial charge in [0, 0.05) is 70.1 Å². The van der Waals surface area contributed by atoms with Crippen LogP contribution in [0.3, 0.4) is 0 Å². The first-order chi connectivity index (χ1) is 31.9. The van der Waals surface area contributed by atoms with Crippen LogP contribution in [-0.4, -0.2) is 94.2 Å². The van der Waals surface area contributed by atoms with E-state index in [9.17, 15) is 28.5 Å². The molecule has 0 bridgehead atoms. The van der Waals surface area contributed by atoms with Gasteiger partial charge in [0.15, 0.2) is 0 Å². The van der Waals surface area contributed by atoms with E-state index in [4.69, 9.17) is 18.5 Å². The van der Waals surface area contributed by atoms with Crippen molar-refractivity contribution in [3.05, 3.63) is 119 Å². The van der Waals surface area contributed by atoms with Crippen LogP contribution in [0, 0.1) is 11.6 Å². The quantitative estimate of drug-likeness (QED) is 0.118. The Hall–Kier alpha value is -4.54. The number of tetrazole rings is 1. The molecule has 20 nitrogen and oxygen atoms in total. The van der Waals surface area contributed by atoms with Crippen LogP contribution in [0.1, 0.15) is 22.3 Å². The number of carbonyl (C=O) groups is 2. The van der Waals surface area contributed by atoms with E-state index in [0.29, 0.717) is 53.6 Å². The third-order valence-corrected chi connectivity index (χ3v) is 12.6. The molecule has 2 amide bonds. The zero-order chi connectivity index (χ0) is 47.2. The molecule has 2 saturated heterocycles. The van der Waals surface area contributed by atoms with Crippen molar-refractivity contribution in [1.29, 1.82) is 0 Å². The molecule has 0 saturated carbocycles. The zero-order valence-corrected chi connectivity index (χ0v) is 43.9. The van der Waals surface area contributed by atoms with Crippen molar-refractivity contribution in [3.8, 4) is 22.3 Å². The molecular formula is C43H42F2N10Na2O10P2. The predicted octanol–water partition coefficient (Wildman–Crippen LogP) is -0.670. The van der Waals surface area contributed by atoms with E-state index in [0.717, 1.165) is 53.6 Å². The van der Waals surface area contributed by atoms with E-state index >= 15 is 8.78 Å². The minimum Gasteiger partial charge on any atom is -0.779 e. The Morgan fingerprint density at radius 3 is 1.62 bits per heavy atom. The number of fused-ring (bicyclic) bond motifs is 2. The molecule has 6 aromatic rings. The van der Waals surface area contributed by atoms with Crippen LogP contribution in [0.5, 0.6) is 0 Å². The molecule has 6 heterocycles. The van der Waals surface area contributed by atoms with Crippen LogP contribution >= 0.6 is 15.2 Å². The summed E-state index contributed by atoms with van der Waals surface area (Å²) in [6.45, 7) is 4.13. The van der Waals surface area contributed by atoms with Gasteiger partial charge < -0.3 is 52.2 Å². The number of imidazole rings is 1. The minimum atomic E-state index is -3.94. The fourth-order valence-corrected chi connectivity index (χ4v) is 9.10. The molecule has 4 aromatic carbocycles. The number of nitrogens with one attached hydrogen (secondary N) is 1. The third-order valence-electron chi connectivity index (χ3n) is 11.4. The van der Waals surface area contributed by atoms with Gasteiger partial charge in [0.05, 0.1) is 37.7 Å². The number of amides is 2. The van der Waals surface area contributed by atoms with E-state index < -0.39 is 51.2 Å². The second-order valence-corrected chi connectivity index (χ2v) is 20.0. The summed E-state index contributed by atoms with van der Waals surface area (Å²) in [7, 11) is -6.09. The molecule has 2 aromatic heterocycles. The number of H-pyrrole nitrogens is 1. The number of hydrogen-bond donors (Lipinski definition) is 1. The number of anilines is 4. The summed E-state index contributed by atoms with van der Waals surface area (Å²) < 4.78 is 73.9. The summed E-state index contributed by atoms with van der Waals surface area (Å²) in [5, 5.41) is 11.6. The van der Waals surface area contributed by atoms with Crippen molar-refractivity contribution in [3.63, 3.8) is 0 Å². The molecule has 0 radical (unpaired) electrons.